The van der Waals surface area contributed by atoms with Gasteiger partial charge >= 0.3 is 5.97 Å². The van der Waals surface area contributed by atoms with Crippen LogP contribution in [-0.2, 0) is 16.0 Å². The van der Waals surface area contributed by atoms with Gasteiger partial charge < -0.3 is 9.47 Å². The molecule has 0 aliphatic heterocycles. The third-order valence-corrected chi connectivity index (χ3v) is 2.05. The molecule has 0 saturated heterocycles. The Morgan fingerprint density at radius 3 is 2.76 bits per heavy atom. The van der Waals surface area contributed by atoms with Crippen molar-refractivity contribution in [1.82, 2.24) is 4.98 Å². The van der Waals surface area contributed by atoms with E-state index in [-0.39, 0.29) is 18.7 Å². The Balaban J connectivity index is 2.93. The molecule has 0 aliphatic rings. The highest BCUT2D eigenvalue weighted by atomic mass is 19.3. The molecule has 0 N–H and O–H groups in total. The van der Waals surface area contributed by atoms with Crippen molar-refractivity contribution in [2.75, 3.05) is 13.7 Å². The molecule has 4 nitrogen and oxygen atoms in total. The summed E-state index contributed by atoms with van der Waals surface area (Å²) in [5.74, 6) is -0.195. The maximum atomic E-state index is 12.4. The van der Waals surface area contributed by atoms with Crippen LogP contribution in [0.3, 0.4) is 0 Å². The monoisotopic (exact) mass is 245 g/mol. The topological polar surface area (TPSA) is 48.4 Å². The number of pyridine rings is 1. The Morgan fingerprint density at radius 1 is 1.53 bits per heavy atom. The van der Waals surface area contributed by atoms with Crippen LogP contribution < -0.4 is 4.74 Å². The van der Waals surface area contributed by atoms with E-state index in [1.54, 1.807) is 6.92 Å². The average Bonchev–Trinajstić information content (AvgIpc) is 2.29. The van der Waals surface area contributed by atoms with Crippen molar-refractivity contribution in [1.29, 1.82) is 0 Å². The van der Waals surface area contributed by atoms with Gasteiger partial charge in [-0.15, -0.1) is 0 Å². The summed E-state index contributed by atoms with van der Waals surface area (Å²) in [6, 6.07) is 1.15. The van der Waals surface area contributed by atoms with Crippen LogP contribution in [0.25, 0.3) is 0 Å². The molecule has 94 valence electrons. The summed E-state index contributed by atoms with van der Waals surface area (Å²) in [6.07, 6.45) is -1.61. The highest BCUT2D eigenvalue weighted by Gasteiger charge is 2.15. The Labute approximate surface area is 97.6 Å². The summed E-state index contributed by atoms with van der Waals surface area (Å²) < 4.78 is 34.6. The normalized spacial score (nSPS) is 10.4. The number of halogens is 2. The van der Waals surface area contributed by atoms with Crippen molar-refractivity contribution in [3.05, 3.63) is 23.5 Å². The minimum atomic E-state index is -2.68. The van der Waals surface area contributed by atoms with Crippen molar-refractivity contribution in [2.45, 2.75) is 19.8 Å². The van der Waals surface area contributed by atoms with Gasteiger partial charge in [0.15, 0.2) is 0 Å². The van der Waals surface area contributed by atoms with Crippen LogP contribution in [-0.4, -0.2) is 24.7 Å². The second-order valence-corrected chi connectivity index (χ2v) is 3.20. The van der Waals surface area contributed by atoms with Crippen molar-refractivity contribution < 1.29 is 23.0 Å². The van der Waals surface area contributed by atoms with Gasteiger partial charge in [-0.1, -0.05) is 0 Å². The second kappa shape index (κ2) is 6.12. The van der Waals surface area contributed by atoms with E-state index >= 15 is 0 Å². The minimum absolute atomic E-state index is 0.112. The van der Waals surface area contributed by atoms with E-state index in [2.05, 4.69) is 4.98 Å². The summed E-state index contributed by atoms with van der Waals surface area (Å²) in [6.45, 7) is 1.92. The van der Waals surface area contributed by atoms with Crippen molar-refractivity contribution in [3.63, 3.8) is 0 Å². The molecular weight excluding hydrogens is 232 g/mol. The van der Waals surface area contributed by atoms with Gasteiger partial charge in [-0.05, 0) is 13.0 Å². The third-order valence-electron chi connectivity index (χ3n) is 2.05. The van der Waals surface area contributed by atoms with E-state index in [4.69, 9.17) is 9.47 Å². The predicted molar refractivity (Wildman–Crippen MR) is 56.1 cm³/mol. The van der Waals surface area contributed by atoms with Gasteiger partial charge in [0.2, 0.25) is 0 Å². The standard InChI is InChI=1S/C11H13F2NO3/c1-3-17-10(15)5-7-4-8(11(12)13)14-6-9(7)16-2/h4,6,11H,3,5H2,1-2H3. The summed E-state index contributed by atoms with van der Waals surface area (Å²) in [7, 11) is 1.38. The van der Waals surface area contributed by atoms with Crippen molar-refractivity contribution in [3.8, 4) is 5.75 Å². The van der Waals surface area contributed by atoms with E-state index in [0.29, 0.717) is 11.3 Å². The molecule has 1 rings (SSSR count). The average molecular weight is 245 g/mol. The van der Waals surface area contributed by atoms with Crippen molar-refractivity contribution >= 4 is 5.97 Å². The fourth-order valence-electron chi connectivity index (χ4n) is 1.31. The number of carbonyl (C=O) groups is 1. The fourth-order valence-corrected chi connectivity index (χ4v) is 1.31. The van der Waals surface area contributed by atoms with Gasteiger partial charge in [0.05, 0.1) is 26.3 Å². The quantitative estimate of drug-likeness (QED) is 0.745. The molecule has 0 bridgehead atoms. The fraction of sp³-hybridized carbons (Fsp3) is 0.455. The van der Waals surface area contributed by atoms with Gasteiger partial charge in [0.25, 0.3) is 6.43 Å². The lowest BCUT2D eigenvalue weighted by Gasteiger charge is -2.09. The van der Waals surface area contributed by atoms with Crippen LogP contribution in [0.5, 0.6) is 5.75 Å². The van der Waals surface area contributed by atoms with Crippen LogP contribution in [0.15, 0.2) is 12.3 Å². The molecule has 0 spiro atoms. The van der Waals surface area contributed by atoms with Gasteiger partial charge in [0.1, 0.15) is 11.4 Å². The van der Waals surface area contributed by atoms with Crippen LogP contribution in [0.2, 0.25) is 0 Å². The lowest BCUT2D eigenvalue weighted by Crippen LogP contribution is -2.09. The number of nitrogens with zero attached hydrogens (tertiary/aromatic N) is 1. The molecule has 0 amide bonds. The van der Waals surface area contributed by atoms with Gasteiger partial charge in [-0.2, -0.15) is 0 Å². The van der Waals surface area contributed by atoms with Gasteiger partial charge in [0, 0.05) is 5.56 Å². The number of carbonyl (C=O) groups excluding carboxylic acids is 1. The molecule has 1 aromatic heterocycles. The Hall–Kier alpha value is -1.72. The summed E-state index contributed by atoms with van der Waals surface area (Å²) in [5.41, 5.74) is -0.0404. The Bertz CT molecular complexity index is 396. The number of hydrogen-bond donors (Lipinski definition) is 0. The largest absolute Gasteiger partial charge is 0.495 e. The number of aromatic nitrogens is 1. The number of alkyl halides is 2. The Morgan fingerprint density at radius 2 is 2.24 bits per heavy atom. The first-order valence-corrected chi connectivity index (χ1v) is 5.05. The van der Waals surface area contributed by atoms with E-state index in [9.17, 15) is 13.6 Å². The zero-order chi connectivity index (χ0) is 12.8. The number of hydrogen-bond acceptors (Lipinski definition) is 4. The second-order valence-electron chi connectivity index (χ2n) is 3.20. The molecule has 0 saturated carbocycles. The van der Waals surface area contributed by atoms with Crippen molar-refractivity contribution in [2.24, 2.45) is 0 Å². The van der Waals surface area contributed by atoms with Crippen LogP contribution >= 0.6 is 0 Å². The minimum Gasteiger partial charge on any atom is -0.495 e. The SMILES string of the molecule is CCOC(=O)Cc1cc(C(F)F)ncc1OC. The predicted octanol–water partition coefficient (Wildman–Crippen LogP) is 2.13. The molecular formula is C11H13F2NO3. The third kappa shape index (κ3) is 3.65. The molecule has 0 aliphatic carbocycles. The van der Waals surface area contributed by atoms with E-state index in [1.807, 2.05) is 0 Å². The van der Waals surface area contributed by atoms with E-state index < -0.39 is 12.4 Å². The van der Waals surface area contributed by atoms with Gasteiger partial charge in [-0.3, -0.25) is 9.78 Å². The number of esters is 1. The van der Waals surface area contributed by atoms with Crippen LogP contribution in [0.1, 0.15) is 24.6 Å². The number of rotatable bonds is 5. The van der Waals surface area contributed by atoms with Crippen LogP contribution in [0.4, 0.5) is 8.78 Å². The molecule has 0 aromatic carbocycles. The van der Waals surface area contributed by atoms with E-state index in [0.717, 1.165) is 6.07 Å². The molecule has 1 heterocycles. The number of methoxy groups -OCH3 is 1. The molecule has 6 heteroatoms. The highest BCUT2D eigenvalue weighted by molar-refractivity contribution is 5.73. The summed E-state index contributed by atoms with van der Waals surface area (Å²) in [5, 5.41) is 0. The Kier molecular flexibility index (Phi) is 4.81. The summed E-state index contributed by atoms with van der Waals surface area (Å²) >= 11 is 0. The lowest BCUT2D eigenvalue weighted by molar-refractivity contribution is -0.142. The molecule has 0 unspecified atom stereocenters. The zero-order valence-corrected chi connectivity index (χ0v) is 9.57. The first-order chi connectivity index (χ1) is 8.08. The first-order valence-electron chi connectivity index (χ1n) is 5.05. The van der Waals surface area contributed by atoms with E-state index in [1.165, 1.54) is 13.3 Å². The molecule has 17 heavy (non-hydrogen) atoms. The smallest absolute Gasteiger partial charge is 0.310 e. The molecule has 0 atom stereocenters. The zero-order valence-electron chi connectivity index (χ0n) is 9.57. The highest BCUT2D eigenvalue weighted by Crippen LogP contribution is 2.24. The molecule has 1 aromatic rings. The lowest BCUT2D eigenvalue weighted by atomic mass is 10.1. The van der Waals surface area contributed by atoms with Gasteiger partial charge in [-0.25, -0.2) is 8.78 Å². The maximum Gasteiger partial charge on any atom is 0.310 e. The first kappa shape index (κ1) is 13.3. The molecule has 0 radical (unpaired) electrons. The number of ether oxygens (including phenoxy) is 2. The van der Waals surface area contributed by atoms with Crippen LogP contribution in [0, 0.1) is 0 Å². The maximum absolute atomic E-state index is 12.4. The summed E-state index contributed by atoms with van der Waals surface area (Å²) in [4.78, 5) is 14.8. The molecule has 0 fully saturated rings.